The van der Waals surface area contributed by atoms with Crippen molar-refractivity contribution in [3.05, 3.63) is 106 Å². The van der Waals surface area contributed by atoms with Gasteiger partial charge in [0.05, 0.1) is 25.0 Å². The van der Waals surface area contributed by atoms with E-state index in [1.807, 2.05) is 67.6 Å². The van der Waals surface area contributed by atoms with Gasteiger partial charge in [-0.15, -0.1) is 0 Å². The Labute approximate surface area is 219 Å². The molecule has 0 amide bonds. The topological polar surface area (TPSA) is 87.5 Å². The van der Waals surface area contributed by atoms with E-state index in [9.17, 15) is 4.79 Å². The van der Waals surface area contributed by atoms with Gasteiger partial charge in [-0.05, 0) is 47.9 Å². The molecule has 2 heterocycles. The summed E-state index contributed by atoms with van der Waals surface area (Å²) >= 11 is 6.11. The van der Waals surface area contributed by atoms with Gasteiger partial charge in [0.15, 0.2) is 11.5 Å². The maximum atomic E-state index is 13.2. The highest BCUT2D eigenvalue weighted by molar-refractivity contribution is 6.30. The fourth-order valence-electron chi connectivity index (χ4n) is 4.26. The molecule has 1 aliphatic rings. The zero-order chi connectivity index (χ0) is 25.8. The second-order valence-electron chi connectivity index (χ2n) is 8.26. The van der Waals surface area contributed by atoms with Gasteiger partial charge in [-0.2, -0.15) is 10.1 Å². The van der Waals surface area contributed by atoms with E-state index < -0.39 is 12.0 Å². The Morgan fingerprint density at radius 1 is 1.03 bits per heavy atom. The monoisotopic (exact) mass is 516 g/mol. The lowest BCUT2D eigenvalue weighted by molar-refractivity contribution is -0.136. The second-order valence-corrected chi connectivity index (χ2v) is 8.69. The molecule has 0 saturated heterocycles. The number of ether oxygens (including phenoxy) is 3. The first-order valence-corrected chi connectivity index (χ1v) is 12.1. The zero-order valence-corrected chi connectivity index (χ0v) is 21.1. The number of aromatic nitrogens is 3. The van der Waals surface area contributed by atoms with Crippen LogP contribution in [0.1, 0.15) is 29.7 Å². The number of nitrogens with one attached hydrogen (secondary N) is 1. The van der Waals surface area contributed by atoms with Crippen LogP contribution >= 0.6 is 11.6 Å². The maximum absolute atomic E-state index is 13.2. The van der Waals surface area contributed by atoms with Gasteiger partial charge in [0, 0.05) is 5.02 Å². The molecule has 3 aromatic carbocycles. The number of hydrogen-bond donors (Lipinski definition) is 1. The lowest BCUT2D eigenvalue weighted by Crippen LogP contribution is -2.29. The molecule has 0 aliphatic carbocycles. The average Bonchev–Trinajstić information content (AvgIpc) is 3.40. The lowest BCUT2D eigenvalue weighted by atomic mass is 9.92. The molecule has 1 N–H and O–H groups in total. The molecule has 0 bridgehead atoms. The summed E-state index contributed by atoms with van der Waals surface area (Å²) in [5.74, 6) is 1.16. The molecule has 0 spiro atoms. The molecule has 0 unspecified atom stereocenters. The van der Waals surface area contributed by atoms with Crippen molar-refractivity contribution in [3.63, 3.8) is 0 Å². The highest BCUT2D eigenvalue weighted by Crippen LogP contribution is 2.41. The minimum Gasteiger partial charge on any atom is -0.490 e. The van der Waals surface area contributed by atoms with Crippen LogP contribution in [0.15, 0.2) is 84.7 Å². The first kappa shape index (κ1) is 24.4. The van der Waals surface area contributed by atoms with Crippen molar-refractivity contribution in [1.82, 2.24) is 14.8 Å². The average molecular weight is 517 g/mol. The summed E-state index contributed by atoms with van der Waals surface area (Å²) in [6, 6.07) is 22.1. The number of esters is 1. The third-order valence-corrected chi connectivity index (χ3v) is 6.21. The number of halogens is 1. The molecule has 188 valence electrons. The molecule has 5 rings (SSSR count). The number of rotatable bonds is 8. The van der Waals surface area contributed by atoms with Gasteiger partial charge < -0.3 is 19.5 Å². The smallest absolute Gasteiger partial charge is 0.338 e. The Balaban J connectivity index is 1.60. The van der Waals surface area contributed by atoms with Crippen molar-refractivity contribution < 1.29 is 19.0 Å². The molecule has 37 heavy (non-hydrogen) atoms. The number of nitrogens with zero attached hydrogens (tertiary/aromatic N) is 3. The van der Waals surface area contributed by atoms with E-state index in [2.05, 4.69) is 15.4 Å². The van der Waals surface area contributed by atoms with Crippen molar-refractivity contribution in [3.8, 4) is 11.5 Å². The third-order valence-electron chi connectivity index (χ3n) is 5.96. The van der Waals surface area contributed by atoms with Crippen LogP contribution in [0.25, 0.3) is 5.70 Å². The first-order chi connectivity index (χ1) is 18.1. The van der Waals surface area contributed by atoms with Gasteiger partial charge in [-0.25, -0.2) is 9.48 Å². The molecule has 8 nitrogen and oxygen atoms in total. The first-order valence-electron chi connectivity index (χ1n) is 11.8. The van der Waals surface area contributed by atoms with Gasteiger partial charge in [-0.1, -0.05) is 60.1 Å². The van der Waals surface area contributed by atoms with E-state index in [1.165, 1.54) is 13.4 Å². The van der Waals surface area contributed by atoms with E-state index in [1.54, 1.807) is 16.8 Å². The molecule has 1 aliphatic heterocycles. The summed E-state index contributed by atoms with van der Waals surface area (Å²) < 4.78 is 18.9. The SMILES string of the molecule is CCOc1cc([C@H]2C(C(=O)OC)=C(c3ccc(Cl)cc3)Nc3ncnn32)ccc1OCc1ccccc1. The minimum atomic E-state index is -0.626. The second kappa shape index (κ2) is 10.8. The maximum Gasteiger partial charge on any atom is 0.338 e. The van der Waals surface area contributed by atoms with Gasteiger partial charge >= 0.3 is 5.97 Å². The summed E-state index contributed by atoms with van der Waals surface area (Å²) in [4.78, 5) is 17.6. The normalized spacial score (nSPS) is 14.5. The Bertz CT molecular complexity index is 1430. The quantitative estimate of drug-likeness (QED) is 0.309. The largest absolute Gasteiger partial charge is 0.490 e. The van der Waals surface area contributed by atoms with E-state index in [0.29, 0.717) is 47.0 Å². The Morgan fingerprint density at radius 3 is 2.54 bits per heavy atom. The summed E-state index contributed by atoms with van der Waals surface area (Å²) in [6.07, 6.45) is 1.44. The van der Waals surface area contributed by atoms with Gasteiger partial charge in [0.25, 0.3) is 0 Å². The summed E-state index contributed by atoms with van der Waals surface area (Å²) in [5, 5.41) is 8.23. The van der Waals surface area contributed by atoms with Crippen LogP contribution in [0.2, 0.25) is 5.02 Å². The summed E-state index contributed by atoms with van der Waals surface area (Å²) in [7, 11) is 1.36. The Hall–Kier alpha value is -4.30. The van der Waals surface area contributed by atoms with Crippen molar-refractivity contribution >= 4 is 29.2 Å². The molecule has 0 radical (unpaired) electrons. The highest BCUT2D eigenvalue weighted by Gasteiger charge is 2.36. The van der Waals surface area contributed by atoms with Crippen LogP contribution in [-0.2, 0) is 16.1 Å². The highest BCUT2D eigenvalue weighted by atomic mass is 35.5. The van der Waals surface area contributed by atoms with E-state index in [-0.39, 0.29) is 0 Å². The molecule has 1 atom stereocenters. The van der Waals surface area contributed by atoms with Crippen molar-refractivity contribution in [2.45, 2.75) is 19.6 Å². The van der Waals surface area contributed by atoms with Crippen LogP contribution in [0.3, 0.4) is 0 Å². The number of hydrogen-bond acceptors (Lipinski definition) is 7. The van der Waals surface area contributed by atoms with Gasteiger partial charge in [-0.3, -0.25) is 0 Å². The van der Waals surface area contributed by atoms with E-state index in [4.69, 9.17) is 25.8 Å². The van der Waals surface area contributed by atoms with E-state index >= 15 is 0 Å². The third kappa shape index (κ3) is 5.01. The number of anilines is 1. The molecule has 1 aromatic heterocycles. The fraction of sp³-hybridized carbons (Fsp3) is 0.179. The van der Waals surface area contributed by atoms with Gasteiger partial charge in [0.2, 0.25) is 5.95 Å². The van der Waals surface area contributed by atoms with Crippen LogP contribution in [0.5, 0.6) is 11.5 Å². The predicted molar refractivity (Wildman–Crippen MR) is 141 cm³/mol. The zero-order valence-electron chi connectivity index (χ0n) is 20.3. The molecular formula is C28H25ClN4O4. The van der Waals surface area contributed by atoms with Crippen molar-refractivity contribution in [2.75, 3.05) is 19.0 Å². The lowest BCUT2D eigenvalue weighted by Gasteiger charge is -2.29. The molecule has 4 aromatic rings. The fourth-order valence-corrected chi connectivity index (χ4v) is 4.39. The minimum absolute atomic E-state index is 0.378. The van der Waals surface area contributed by atoms with Crippen LogP contribution in [0, 0.1) is 0 Å². The molecular weight excluding hydrogens is 492 g/mol. The number of benzene rings is 3. The number of carbonyl (C=O) groups is 1. The molecule has 9 heteroatoms. The van der Waals surface area contributed by atoms with Crippen molar-refractivity contribution in [1.29, 1.82) is 0 Å². The van der Waals surface area contributed by atoms with Crippen molar-refractivity contribution in [2.24, 2.45) is 0 Å². The number of fused-ring (bicyclic) bond motifs is 1. The summed E-state index contributed by atoms with van der Waals surface area (Å²) in [5.41, 5.74) is 3.51. The number of carbonyl (C=O) groups excluding carboxylic acids is 1. The Kier molecular flexibility index (Phi) is 7.09. The van der Waals surface area contributed by atoms with Gasteiger partial charge in [0.1, 0.15) is 19.0 Å². The van der Waals surface area contributed by atoms with Crippen LogP contribution in [0.4, 0.5) is 5.95 Å². The number of methoxy groups -OCH3 is 1. The Morgan fingerprint density at radius 2 is 1.81 bits per heavy atom. The molecule has 0 fully saturated rings. The predicted octanol–water partition coefficient (Wildman–Crippen LogP) is 5.51. The molecule has 0 saturated carbocycles. The standard InChI is InChI=1S/C28H25ClN4O4/c1-3-36-23-15-20(11-14-22(23)37-16-18-7-5-4-6-8-18)26-24(27(34)35-2)25(19-9-12-21(29)13-10-19)32-28-30-17-31-33(26)28/h4-15,17,26H,3,16H2,1-2H3,(H,30,31,32)/t26-/m0/s1. The van der Waals surface area contributed by atoms with Crippen LogP contribution < -0.4 is 14.8 Å². The van der Waals surface area contributed by atoms with Crippen LogP contribution in [-0.4, -0.2) is 34.5 Å². The van der Waals surface area contributed by atoms with E-state index in [0.717, 1.165) is 16.7 Å². The summed E-state index contributed by atoms with van der Waals surface area (Å²) in [6.45, 7) is 2.75.